The molecule has 5 nitrogen and oxygen atoms in total. The highest BCUT2D eigenvalue weighted by molar-refractivity contribution is 7.99. The molecule has 2 saturated heterocycles. The van der Waals surface area contributed by atoms with Gasteiger partial charge in [0.05, 0.1) is 5.92 Å². The third kappa shape index (κ3) is 3.11. The van der Waals surface area contributed by atoms with Crippen molar-refractivity contribution in [3.8, 4) is 0 Å². The van der Waals surface area contributed by atoms with E-state index in [0.29, 0.717) is 12.0 Å². The van der Waals surface area contributed by atoms with Gasteiger partial charge in [0.15, 0.2) is 0 Å². The molecule has 2 fully saturated rings. The van der Waals surface area contributed by atoms with E-state index in [0.717, 1.165) is 43.0 Å². The fourth-order valence-corrected chi connectivity index (χ4v) is 4.41. The van der Waals surface area contributed by atoms with Crippen LogP contribution in [0, 0.1) is 0 Å². The zero-order valence-corrected chi connectivity index (χ0v) is 13.0. The summed E-state index contributed by atoms with van der Waals surface area (Å²) in [6.07, 6.45) is 5.12. The summed E-state index contributed by atoms with van der Waals surface area (Å²) in [5.41, 5.74) is 0. The van der Waals surface area contributed by atoms with Crippen LogP contribution in [-0.4, -0.2) is 47.3 Å². The first-order valence-corrected chi connectivity index (χ1v) is 8.93. The number of hydrogen-bond donors (Lipinski definition) is 1. The summed E-state index contributed by atoms with van der Waals surface area (Å²) in [7, 11) is 0. The zero-order valence-electron chi connectivity index (χ0n) is 12.2. The van der Waals surface area contributed by atoms with E-state index < -0.39 is 0 Å². The van der Waals surface area contributed by atoms with E-state index in [9.17, 15) is 0 Å². The SMILES string of the molecule is CCNC1CSCC1c1nc(N2CCCCCC2)no1. The second kappa shape index (κ2) is 6.80. The standard InChI is InChI=1S/C14H24N4OS/c1-2-15-12-10-20-9-11(12)13-16-14(17-19-13)18-7-5-3-4-6-8-18/h11-12,15H,2-10H2,1H3. The summed E-state index contributed by atoms with van der Waals surface area (Å²) in [6, 6.07) is 0.474. The van der Waals surface area contributed by atoms with E-state index in [-0.39, 0.29) is 0 Å². The molecule has 2 aliphatic heterocycles. The van der Waals surface area contributed by atoms with Crippen molar-refractivity contribution in [1.82, 2.24) is 15.5 Å². The van der Waals surface area contributed by atoms with Crippen molar-refractivity contribution in [2.75, 3.05) is 36.0 Å². The van der Waals surface area contributed by atoms with Crippen molar-refractivity contribution in [2.24, 2.45) is 0 Å². The molecule has 3 heterocycles. The fraction of sp³-hybridized carbons (Fsp3) is 0.857. The Labute approximate surface area is 124 Å². The number of hydrogen-bond acceptors (Lipinski definition) is 6. The Kier molecular flexibility index (Phi) is 4.83. The number of nitrogens with one attached hydrogen (secondary N) is 1. The van der Waals surface area contributed by atoms with Crippen molar-refractivity contribution in [2.45, 2.75) is 44.6 Å². The molecule has 20 heavy (non-hydrogen) atoms. The first-order chi connectivity index (χ1) is 9.88. The lowest BCUT2D eigenvalue weighted by Crippen LogP contribution is -2.34. The fourth-order valence-electron chi connectivity index (χ4n) is 3.04. The van der Waals surface area contributed by atoms with Gasteiger partial charge in [0.1, 0.15) is 0 Å². The predicted molar refractivity (Wildman–Crippen MR) is 82.5 cm³/mol. The van der Waals surface area contributed by atoms with Gasteiger partial charge in [-0.3, -0.25) is 0 Å². The Balaban J connectivity index is 1.69. The third-order valence-electron chi connectivity index (χ3n) is 4.18. The van der Waals surface area contributed by atoms with Crippen molar-refractivity contribution >= 4 is 17.7 Å². The molecule has 0 saturated carbocycles. The number of rotatable bonds is 4. The number of likely N-dealkylation sites (N-methyl/N-ethyl adjacent to an activating group) is 1. The Morgan fingerprint density at radius 2 is 2.05 bits per heavy atom. The minimum atomic E-state index is 0.369. The van der Waals surface area contributed by atoms with Crippen molar-refractivity contribution < 1.29 is 4.52 Å². The van der Waals surface area contributed by atoms with Gasteiger partial charge in [0, 0.05) is 30.6 Å². The molecule has 1 aromatic rings. The Morgan fingerprint density at radius 3 is 2.80 bits per heavy atom. The van der Waals surface area contributed by atoms with Crippen molar-refractivity contribution in [3.05, 3.63) is 5.89 Å². The monoisotopic (exact) mass is 296 g/mol. The average molecular weight is 296 g/mol. The van der Waals surface area contributed by atoms with Crippen LogP contribution >= 0.6 is 11.8 Å². The van der Waals surface area contributed by atoms with Crippen molar-refractivity contribution in [3.63, 3.8) is 0 Å². The van der Waals surface area contributed by atoms with E-state index in [2.05, 4.69) is 27.3 Å². The van der Waals surface area contributed by atoms with Crippen molar-refractivity contribution in [1.29, 1.82) is 0 Å². The van der Waals surface area contributed by atoms with Gasteiger partial charge in [-0.1, -0.05) is 19.8 Å². The first-order valence-electron chi connectivity index (χ1n) is 7.78. The molecule has 3 rings (SSSR count). The minimum absolute atomic E-state index is 0.369. The molecule has 2 aliphatic rings. The Bertz CT molecular complexity index is 417. The van der Waals surface area contributed by atoms with E-state index in [1.807, 2.05) is 11.8 Å². The average Bonchev–Trinajstić information content (AvgIpc) is 3.02. The number of anilines is 1. The molecule has 6 heteroatoms. The normalized spacial score (nSPS) is 27.8. The number of aromatic nitrogens is 2. The maximum absolute atomic E-state index is 5.56. The molecule has 2 atom stereocenters. The summed E-state index contributed by atoms with van der Waals surface area (Å²) in [4.78, 5) is 6.97. The molecular formula is C14H24N4OS. The zero-order chi connectivity index (χ0) is 13.8. The molecule has 0 aromatic carbocycles. The van der Waals surface area contributed by atoms with Gasteiger partial charge in [0.25, 0.3) is 5.95 Å². The summed E-state index contributed by atoms with van der Waals surface area (Å²) in [6.45, 7) is 5.27. The first kappa shape index (κ1) is 14.2. The van der Waals surface area contributed by atoms with E-state index in [1.165, 1.54) is 25.7 Å². The van der Waals surface area contributed by atoms with Gasteiger partial charge in [-0.2, -0.15) is 16.7 Å². The van der Waals surface area contributed by atoms with Crippen LogP contribution in [0.2, 0.25) is 0 Å². The Morgan fingerprint density at radius 1 is 1.25 bits per heavy atom. The van der Waals surface area contributed by atoms with Crippen LogP contribution in [-0.2, 0) is 0 Å². The van der Waals surface area contributed by atoms with Crippen LogP contribution in [0.5, 0.6) is 0 Å². The van der Waals surface area contributed by atoms with Crippen LogP contribution in [0.3, 0.4) is 0 Å². The lowest BCUT2D eigenvalue weighted by molar-refractivity contribution is 0.340. The molecular weight excluding hydrogens is 272 g/mol. The van der Waals surface area contributed by atoms with E-state index in [1.54, 1.807) is 0 Å². The second-order valence-electron chi connectivity index (χ2n) is 5.64. The summed E-state index contributed by atoms with van der Waals surface area (Å²) >= 11 is 1.97. The minimum Gasteiger partial charge on any atom is -0.338 e. The molecule has 0 amide bonds. The molecule has 1 N–H and O–H groups in total. The smallest absolute Gasteiger partial charge is 0.266 e. The summed E-state index contributed by atoms with van der Waals surface area (Å²) in [5, 5.41) is 7.75. The van der Waals surface area contributed by atoms with Gasteiger partial charge < -0.3 is 14.7 Å². The van der Waals surface area contributed by atoms with E-state index >= 15 is 0 Å². The van der Waals surface area contributed by atoms with Gasteiger partial charge in [-0.25, -0.2) is 0 Å². The van der Waals surface area contributed by atoms with Crippen LogP contribution in [0.1, 0.15) is 44.4 Å². The van der Waals surface area contributed by atoms with Crippen LogP contribution in [0.25, 0.3) is 0 Å². The highest BCUT2D eigenvalue weighted by Gasteiger charge is 2.33. The van der Waals surface area contributed by atoms with Gasteiger partial charge >= 0.3 is 0 Å². The van der Waals surface area contributed by atoms with Crippen LogP contribution in [0.4, 0.5) is 5.95 Å². The lowest BCUT2D eigenvalue weighted by Gasteiger charge is -2.17. The topological polar surface area (TPSA) is 54.2 Å². The third-order valence-corrected chi connectivity index (χ3v) is 5.37. The molecule has 0 radical (unpaired) electrons. The highest BCUT2D eigenvalue weighted by Crippen LogP contribution is 2.32. The van der Waals surface area contributed by atoms with Gasteiger partial charge in [-0.05, 0) is 24.5 Å². The van der Waals surface area contributed by atoms with Gasteiger partial charge in [-0.15, -0.1) is 0 Å². The Hall–Kier alpha value is -0.750. The van der Waals surface area contributed by atoms with Gasteiger partial charge in [0.2, 0.25) is 5.89 Å². The largest absolute Gasteiger partial charge is 0.338 e. The number of nitrogens with zero attached hydrogens (tertiary/aromatic N) is 3. The number of thioether (sulfide) groups is 1. The van der Waals surface area contributed by atoms with Crippen LogP contribution in [0.15, 0.2) is 4.52 Å². The molecule has 0 aliphatic carbocycles. The van der Waals surface area contributed by atoms with Crippen LogP contribution < -0.4 is 10.2 Å². The summed E-state index contributed by atoms with van der Waals surface area (Å²) < 4.78 is 5.56. The summed E-state index contributed by atoms with van der Waals surface area (Å²) in [5.74, 6) is 4.21. The maximum atomic E-state index is 5.56. The maximum Gasteiger partial charge on any atom is 0.266 e. The lowest BCUT2D eigenvalue weighted by atomic mass is 10.0. The molecule has 0 spiro atoms. The molecule has 0 bridgehead atoms. The molecule has 112 valence electrons. The second-order valence-corrected chi connectivity index (χ2v) is 6.72. The molecule has 1 aromatic heterocycles. The highest BCUT2D eigenvalue weighted by atomic mass is 32.2. The quantitative estimate of drug-likeness (QED) is 0.920. The molecule has 2 unspecified atom stereocenters. The van der Waals surface area contributed by atoms with E-state index in [4.69, 9.17) is 4.52 Å². The predicted octanol–water partition coefficient (Wildman–Crippen LogP) is 2.26.